The fraction of sp³-hybridized carbons (Fsp3) is 0.0625. The molecule has 0 aliphatic rings. The minimum Gasteiger partial charge on any atom is -0.504 e. The lowest BCUT2D eigenvalue weighted by Gasteiger charge is -2.04. The Bertz CT molecular complexity index is 956. The number of methoxy groups -OCH3 is 1. The molecule has 0 saturated carbocycles. The summed E-state index contributed by atoms with van der Waals surface area (Å²) in [7, 11) is 1.47. The molecule has 0 bridgehead atoms. The summed E-state index contributed by atoms with van der Waals surface area (Å²) in [5, 5.41) is 19.0. The van der Waals surface area contributed by atoms with E-state index >= 15 is 0 Å². The van der Waals surface area contributed by atoms with Gasteiger partial charge < -0.3 is 14.8 Å². The summed E-state index contributed by atoms with van der Waals surface area (Å²) in [6.07, 6.45) is 3.31. The first-order valence-electron chi connectivity index (χ1n) is 6.61. The van der Waals surface area contributed by atoms with Crippen molar-refractivity contribution in [2.75, 3.05) is 7.11 Å². The topological polar surface area (TPSA) is 94.8 Å². The van der Waals surface area contributed by atoms with Gasteiger partial charge in [0.05, 0.1) is 18.2 Å². The summed E-state index contributed by atoms with van der Waals surface area (Å²) < 4.78 is 5.89. The van der Waals surface area contributed by atoms with Crippen LogP contribution in [0.2, 0.25) is 0 Å². The Morgan fingerprint density at radius 1 is 1.43 bits per heavy atom. The Hall–Kier alpha value is -2.85. The lowest BCUT2D eigenvalue weighted by Crippen LogP contribution is -1.87. The Morgan fingerprint density at radius 2 is 2.26 bits per heavy atom. The van der Waals surface area contributed by atoms with Crippen LogP contribution in [0.5, 0.6) is 11.5 Å². The highest BCUT2D eigenvalue weighted by Crippen LogP contribution is 2.28. The molecule has 2 N–H and O–H groups in total. The molecule has 0 spiro atoms. The van der Waals surface area contributed by atoms with Gasteiger partial charge >= 0.3 is 0 Å². The van der Waals surface area contributed by atoms with Gasteiger partial charge in [-0.05, 0) is 45.8 Å². The largest absolute Gasteiger partial charge is 0.504 e. The highest BCUT2D eigenvalue weighted by Gasteiger charge is 2.10. The number of nitriles is 1. The first-order chi connectivity index (χ1) is 11.1. The third-order valence-electron chi connectivity index (χ3n) is 3.19. The fourth-order valence-electron chi connectivity index (χ4n) is 2.11. The number of benzene rings is 1. The Labute approximate surface area is 140 Å². The maximum Gasteiger partial charge on any atom is 0.178 e. The Balaban J connectivity index is 2.05. The number of allylic oxidation sites excluding steroid dienone is 1. The molecule has 2 heterocycles. The van der Waals surface area contributed by atoms with Gasteiger partial charge in [0.25, 0.3) is 0 Å². The summed E-state index contributed by atoms with van der Waals surface area (Å²) in [5.74, 6) is 0.812. The summed E-state index contributed by atoms with van der Waals surface area (Å²) in [5.41, 5.74) is 2.34. The van der Waals surface area contributed by atoms with Gasteiger partial charge in [0, 0.05) is 10.7 Å². The average Bonchev–Trinajstić information content (AvgIpc) is 2.96. The molecular weight excluding hydrogens is 360 g/mol. The van der Waals surface area contributed by atoms with Crippen LogP contribution < -0.4 is 4.74 Å². The van der Waals surface area contributed by atoms with Crippen LogP contribution in [0.25, 0.3) is 22.8 Å². The minimum absolute atomic E-state index is 0.0425. The smallest absolute Gasteiger partial charge is 0.178 e. The van der Waals surface area contributed by atoms with E-state index in [1.807, 2.05) is 6.07 Å². The first kappa shape index (κ1) is 15.1. The van der Waals surface area contributed by atoms with Gasteiger partial charge in [-0.1, -0.05) is 6.07 Å². The van der Waals surface area contributed by atoms with E-state index in [9.17, 15) is 10.4 Å². The van der Waals surface area contributed by atoms with Crippen LogP contribution >= 0.6 is 15.9 Å². The van der Waals surface area contributed by atoms with Crippen LogP contribution in [0.3, 0.4) is 0 Å². The molecule has 23 heavy (non-hydrogen) atoms. The van der Waals surface area contributed by atoms with E-state index in [0.717, 1.165) is 9.99 Å². The number of hydrogen-bond donors (Lipinski definition) is 2. The summed E-state index contributed by atoms with van der Waals surface area (Å²) in [6.45, 7) is 0. The van der Waals surface area contributed by atoms with Crippen molar-refractivity contribution in [1.29, 1.82) is 5.26 Å². The summed E-state index contributed by atoms with van der Waals surface area (Å²) in [6, 6.07) is 8.80. The summed E-state index contributed by atoms with van der Waals surface area (Å²) >= 11 is 3.34. The van der Waals surface area contributed by atoms with E-state index < -0.39 is 0 Å². The molecule has 0 saturated heterocycles. The zero-order chi connectivity index (χ0) is 16.4. The highest BCUT2D eigenvalue weighted by molar-refractivity contribution is 9.10. The van der Waals surface area contributed by atoms with Gasteiger partial charge in [-0.15, -0.1) is 0 Å². The Kier molecular flexibility index (Phi) is 4.00. The van der Waals surface area contributed by atoms with Gasteiger partial charge in [0.15, 0.2) is 23.0 Å². The van der Waals surface area contributed by atoms with Crippen LogP contribution in [-0.4, -0.2) is 27.2 Å². The molecule has 0 aliphatic heterocycles. The van der Waals surface area contributed by atoms with Gasteiger partial charge in [0.2, 0.25) is 0 Å². The molecule has 7 heteroatoms. The maximum atomic E-state index is 9.62. The molecule has 114 valence electrons. The molecule has 6 nitrogen and oxygen atoms in total. The van der Waals surface area contributed by atoms with E-state index in [1.54, 1.807) is 24.4 Å². The van der Waals surface area contributed by atoms with Crippen molar-refractivity contribution in [1.82, 2.24) is 15.0 Å². The van der Waals surface area contributed by atoms with Crippen molar-refractivity contribution in [3.63, 3.8) is 0 Å². The van der Waals surface area contributed by atoms with Gasteiger partial charge in [-0.3, -0.25) is 0 Å². The standard InChI is InChI=1S/C16H11BrN4O2/c1-23-14-5-9(2-3-13(14)22)4-10(7-18)15-20-12-6-11(17)8-19-16(12)21-15/h2-6,8,22H,1H3,(H,19,20,21)/b10-4+. The average molecular weight is 371 g/mol. The third kappa shape index (κ3) is 3.03. The number of phenolic OH excluding ortho intramolecular Hbond substituents is 1. The van der Waals surface area contributed by atoms with Crippen molar-refractivity contribution in [2.45, 2.75) is 0 Å². The minimum atomic E-state index is 0.0425. The van der Waals surface area contributed by atoms with Crippen molar-refractivity contribution in [3.8, 4) is 17.6 Å². The van der Waals surface area contributed by atoms with Crippen molar-refractivity contribution in [3.05, 3.63) is 46.3 Å². The number of pyridine rings is 1. The normalized spacial score (nSPS) is 11.4. The van der Waals surface area contributed by atoms with Crippen LogP contribution in [0.1, 0.15) is 11.4 Å². The van der Waals surface area contributed by atoms with E-state index in [1.165, 1.54) is 13.2 Å². The molecule has 0 fully saturated rings. The number of imidazole rings is 1. The molecule has 0 radical (unpaired) electrons. The molecule has 1 aromatic carbocycles. The van der Waals surface area contributed by atoms with E-state index in [2.05, 4.69) is 37.0 Å². The van der Waals surface area contributed by atoms with Crippen molar-refractivity contribution in [2.24, 2.45) is 0 Å². The molecular formula is C16H11BrN4O2. The number of H-pyrrole nitrogens is 1. The summed E-state index contributed by atoms with van der Waals surface area (Å²) in [4.78, 5) is 11.6. The molecule has 3 rings (SSSR count). The lowest BCUT2D eigenvalue weighted by atomic mass is 10.1. The fourth-order valence-corrected chi connectivity index (χ4v) is 2.44. The number of phenols is 1. The quantitative estimate of drug-likeness (QED) is 0.688. The Morgan fingerprint density at radius 3 is 3.00 bits per heavy atom. The van der Waals surface area contributed by atoms with Gasteiger partial charge in [0.1, 0.15) is 6.07 Å². The number of aromatic hydroxyl groups is 1. The van der Waals surface area contributed by atoms with Crippen LogP contribution in [0.4, 0.5) is 0 Å². The maximum absolute atomic E-state index is 9.62. The predicted molar refractivity (Wildman–Crippen MR) is 89.7 cm³/mol. The molecule has 2 aromatic heterocycles. The van der Waals surface area contributed by atoms with Crippen LogP contribution in [-0.2, 0) is 0 Å². The number of ether oxygens (including phenoxy) is 1. The third-order valence-corrected chi connectivity index (χ3v) is 3.63. The van der Waals surface area contributed by atoms with Gasteiger partial charge in [-0.2, -0.15) is 5.26 Å². The first-order valence-corrected chi connectivity index (χ1v) is 7.40. The van der Waals surface area contributed by atoms with Crippen molar-refractivity contribution < 1.29 is 9.84 Å². The van der Waals surface area contributed by atoms with Gasteiger partial charge in [-0.25, -0.2) is 9.97 Å². The van der Waals surface area contributed by atoms with E-state index in [-0.39, 0.29) is 5.75 Å². The van der Waals surface area contributed by atoms with Crippen LogP contribution in [0, 0.1) is 11.3 Å². The monoisotopic (exact) mass is 370 g/mol. The number of hydrogen-bond acceptors (Lipinski definition) is 5. The molecule has 0 aliphatic carbocycles. The van der Waals surface area contributed by atoms with Crippen LogP contribution in [0.15, 0.2) is 34.9 Å². The zero-order valence-electron chi connectivity index (χ0n) is 12.0. The molecule has 0 atom stereocenters. The number of aromatic nitrogens is 3. The number of nitrogens with one attached hydrogen (secondary N) is 1. The number of fused-ring (bicyclic) bond motifs is 1. The number of halogens is 1. The highest BCUT2D eigenvalue weighted by atomic mass is 79.9. The second kappa shape index (κ2) is 6.10. The molecule has 0 amide bonds. The lowest BCUT2D eigenvalue weighted by molar-refractivity contribution is 0.373. The zero-order valence-corrected chi connectivity index (χ0v) is 13.6. The second-order valence-electron chi connectivity index (χ2n) is 4.71. The molecule has 0 unspecified atom stereocenters. The predicted octanol–water partition coefficient (Wildman–Crippen LogP) is 3.50. The molecule has 3 aromatic rings. The van der Waals surface area contributed by atoms with E-state index in [0.29, 0.717) is 28.4 Å². The SMILES string of the molecule is COc1cc(/C=C(\C#N)c2nc3ncc(Br)cc3[nH]2)ccc1O. The second-order valence-corrected chi connectivity index (χ2v) is 5.63. The van der Waals surface area contributed by atoms with E-state index in [4.69, 9.17) is 4.74 Å². The number of aromatic amines is 1. The van der Waals surface area contributed by atoms with Crippen molar-refractivity contribution >= 4 is 38.7 Å². The number of nitrogens with zero attached hydrogens (tertiary/aromatic N) is 3. The number of rotatable bonds is 3.